The van der Waals surface area contributed by atoms with Crippen LogP contribution in [0.1, 0.15) is 29.0 Å². The molecule has 0 amide bonds. The Labute approximate surface area is 150 Å². The highest BCUT2D eigenvalue weighted by molar-refractivity contribution is 5.29. The van der Waals surface area contributed by atoms with Crippen molar-refractivity contribution in [3.05, 3.63) is 46.8 Å². The first-order chi connectivity index (χ1) is 12.1. The lowest BCUT2D eigenvalue weighted by Crippen LogP contribution is -2.44. The molecule has 0 unspecified atom stereocenters. The lowest BCUT2D eigenvalue weighted by molar-refractivity contribution is 0.153. The molecule has 0 spiro atoms. The van der Waals surface area contributed by atoms with Crippen molar-refractivity contribution in [2.45, 2.75) is 33.3 Å². The van der Waals surface area contributed by atoms with Crippen molar-refractivity contribution in [3.63, 3.8) is 0 Å². The normalized spacial score (nSPS) is 16.3. The van der Waals surface area contributed by atoms with Crippen LogP contribution in [0.4, 0.5) is 0 Å². The molecule has 1 saturated heterocycles. The Morgan fingerprint density at radius 2 is 1.96 bits per heavy atom. The predicted octanol–water partition coefficient (Wildman–Crippen LogP) is 3.05. The van der Waals surface area contributed by atoms with Gasteiger partial charge in [-0.1, -0.05) is 17.3 Å². The summed E-state index contributed by atoms with van der Waals surface area (Å²) in [6.45, 7) is 10.3. The molecule has 0 saturated carbocycles. The molecule has 25 heavy (non-hydrogen) atoms. The number of benzene rings is 1. The second kappa shape index (κ2) is 8.50. The maximum Gasteiger partial charge on any atom is 0.140 e. The molecule has 1 fully saturated rings. The number of piperazine rings is 1. The van der Waals surface area contributed by atoms with Gasteiger partial charge in [0.25, 0.3) is 0 Å². The Kier molecular flexibility index (Phi) is 6.10. The van der Waals surface area contributed by atoms with E-state index in [-0.39, 0.29) is 0 Å². The number of aromatic nitrogens is 1. The van der Waals surface area contributed by atoms with Crippen molar-refractivity contribution in [1.82, 2.24) is 15.0 Å². The van der Waals surface area contributed by atoms with Crippen LogP contribution in [0.3, 0.4) is 0 Å². The first kappa shape index (κ1) is 18.0. The van der Waals surface area contributed by atoms with Crippen LogP contribution in [0.5, 0.6) is 5.75 Å². The number of nitrogens with zero attached hydrogens (tertiary/aromatic N) is 3. The van der Waals surface area contributed by atoms with Crippen molar-refractivity contribution in [2.24, 2.45) is 0 Å². The van der Waals surface area contributed by atoms with Gasteiger partial charge in [-0.2, -0.15) is 0 Å². The Hall–Kier alpha value is -1.85. The zero-order valence-corrected chi connectivity index (χ0v) is 15.6. The highest BCUT2D eigenvalue weighted by Gasteiger charge is 2.13. The first-order valence-electron chi connectivity index (χ1n) is 9.16. The van der Waals surface area contributed by atoms with Crippen LogP contribution in [-0.4, -0.2) is 54.7 Å². The van der Waals surface area contributed by atoms with Gasteiger partial charge in [0, 0.05) is 26.2 Å². The maximum absolute atomic E-state index is 5.94. The average molecular weight is 343 g/mol. The topological polar surface area (TPSA) is 41.7 Å². The van der Waals surface area contributed by atoms with E-state index in [1.165, 1.54) is 44.7 Å². The zero-order valence-electron chi connectivity index (χ0n) is 15.6. The van der Waals surface area contributed by atoms with E-state index in [1.807, 2.05) is 19.9 Å². The smallest absolute Gasteiger partial charge is 0.140 e. The molecule has 0 atom stereocenters. The summed E-state index contributed by atoms with van der Waals surface area (Å²) in [4.78, 5) is 4.97. The molecule has 0 aliphatic carbocycles. The molecule has 5 nitrogen and oxygen atoms in total. The van der Waals surface area contributed by atoms with E-state index in [1.54, 1.807) is 0 Å². The van der Waals surface area contributed by atoms with Crippen LogP contribution >= 0.6 is 0 Å². The highest BCUT2D eigenvalue weighted by Crippen LogP contribution is 2.19. The van der Waals surface area contributed by atoms with Gasteiger partial charge in [-0.25, -0.2) is 0 Å². The van der Waals surface area contributed by atoms with E-state index in [4.69, 9.17) is 9.26 Å². The van der Waals surface area contributed by atoms with Gasteiger partial charge in [0.15, 0.2) is 0 Å². The Morgan fingerprint density at radius 1 is 1.16 bits per heavy atom. The van der Waals surface area contributed by atoms with Gasteiger partial charge in [0.05, 0.1) is 11.3 Å². The fourth-order valence-corrected chi connectivity index (χ4v) is 3.23. The molecule has 0 bridgehead atoms. The SMILES string of the molecule is Cc1noc(C)c1COc1cccc(CCCN2CCN(C)CC2)c1. The van der Waals surface area contributed by atoms with E-state index >= 15 is 0 Å². The van der Waals surface area contributed by atoms with Gasteiger partial charge in [0.2, 0.25) is 0 Å². The van der Waals surface area contributed by atoms with Crippen LogP contribution in [-0.2, 0) is 13.0 Å². The zero-order chi connectivity index (χ0) is 17.6. The predicted molar refractivity (Wildman–Crippen MR) is 99.0 cm³/mol. The van der Waals surface area contributed by atoms with Crippen molar-refractivity contribution in [1.29, 1.82) is 0 Å². The summed E-state index contributed by atoms with van der Waals surface area (Å²) in [6.07, 6.45) is 2.28. The second-order valence-electron chi connectivity index (χ2n) is 6.99. The molecule has 1 aliphatic rings. The summed E-state index contributed by atoms with van der Waals surface area (Å²) in [5, 5.41) is 3.97. The van der Waals surface area contributed by atoms with Crippen molar-refractivity contribution in [2.75, 3.05) is 39.8 Å². The van der Waals surface area contributed by atoms with E-state index in [0.717, 1.165) is 29.2 Å². The van der Waals surface area contributed by atoms with Crippen LogP contribution in [0, 0.1) is 13.8 Å². The summed E-state index contributed by atoms with van der Waals surface area (Å²) in [5.74, 6) is 1.75. The van der Waals surface area contributed by atoms with Gasteiger partial charge in [-0.05, 0) is 58.0 Å². The molecule has 0 radical (unpaired) electrons. The number of hydrogen-bond donors (Lipinski definition) is 0. The molecule has 1 aromatic carbocycles. The minimum atomic E-state index is 0.506. The van der Waals surface area contributed by atoms with E-state index < -0.39 is 0 Å². The minimum Gasteiger partial charge on any atom is -0.489 e. The van der Waals surface area contributed by atoms with Gasteiger partial charge >= 0.3 is 0 Å². The lowest BCUT2D eigenvalue weighted by Gasteiger charge is -2.32. The molecule has 2 aromatic rings. The Bertz CT molecular complexity index is 656. The molecule has 136 valence electrons. The fourth-order valence-electron chi connectivity index (χ4n) is 3.23. The summed E-state index contributed by atoms with van der Waals surface area (Å²) in [5.41, 5.74) is 3.28. The third-order valence-corrected chi connectivity index (χ3v) is 5.00. The lowest BCUT2D eigenvalue weighted by atomic mass is 10.1. The molecular weight excluding hydrogens is 314 g/mol. The van der Waals surface area contributed by atoms with Crippen molar-refractivity contribution in [3.8, 4) is 5.75 Å². The highest BCUT2D eigenvalue weighted by atomic mass is 16.5. The van der Waals surface area contributed by atoms with Gasteiger partial charge < -0.3 is 19.1 Å². The van der Waals surface area contributed by atoms with Gasteiger partial charge in [0.1, 0.15) is 18.1 Å². The average Bonchev–Trinajstić information content (AvgIpc) is 2.93. The maximum atomic E-state index is 5.94. The van der Waals surface area contributed by atoms with Crippen molar-refractivity contribution >= 4 is 0 Å². The number of aryl methyl sites for hydroxylation is 3. The summed E-state index contributed by atoms with van der Waals surface area (Å²) in [7, 11) is 2.20. The third-order valence-electron chi connectivity index (χ3n) is 5.00. The van der Waals surface area contributed by atoms with Crippen LogP contribution in [0.25, 0.3) is 0 Å². The third kappa shape index (κ3) is 5.06. The van der Waals surface area contributed by atoms with Gasteiger partial charge in [-0.15, -0.1) is 0 Å². The quantitative estimate of drug-likeness (QED) is 0.773. The van der Waals surface area contributed by atoms with Crippen LogP contribution < -0.4 is 4.74 Å². The summed E-state index contributed by atoms with van der Waals surface area (Å²) in [6, 6.07) is 8.44. The Morgan fingerprint density at radius 3 is 2.68 bits per heavy atom. The number of rotatable bonds is 7. The van der Waals surface area contributed by atoms with E-state index in [2.05, 4.69) is 40.2 Å². The molecule has 0 N–H and O–H groups in total. The number of likely N-dealkylation sites (N-methyl/N-ethyl adjacent to an activating group) is 1. The van der Waals surface area contributed by atoms with Crippen LogP contribution in [0.2, 0.25) is 0 Å². The monoisotopic (exact) mass is 343 g/mol. The number of hydrogen-bond acceptors (Lipinski definition) is 5. The molecule has 3 rings (SSSR count). The standard InChI is InChI=1S/C20H29N3O2/c1-16-20(17(2)25-21-16)15-24-19-8-4-6-18(14-19)7-5-9-23-12-10-22(3)11-13-23/h4,6,8,14H,5,7,9-13,15H2,1-3H3. The molecule has 5 heteroatoms. The largest absolute Gasteiger partial charge is 0.489 e. The molecule has 2 heterocycles. The van der Waals surface area contributed by atoms with Gasteiger partial charge in [-0.3, -0.25) is 0 Å². The van der Waals surface area contributed by atoms with E-state index in [0.29, 0.717) is 6.61 Å². The minimum absolute atomic E-state index is 0.506. The number of ether oxygens (including phenoxy) is 1. The summed E-state index contributed by atoms with van der Waals surface area (Å²) < 4.78 is 11.1. The Balaban J connectivity index is 1.46. The van der Waals surface area contributed by atoms with E-state index in [9.17, 15) is 0 Å². The first-order valence-corrected chi connectivity index (χ1v) is 9.16. The van der Waals surface area contributed by atoms with Crippen molar-refractivity contribution < 1.29 is 9.26 Å². The summed E-state index contributed by atoms with van der Waals surface area (Å²) >= 11 is 0. The molecule has 1 aromatic heterocycles. The molecule has 1 aliphatic heterocycles. The molecular formula is C20H29N3O2. The van der Waals surface area contributed by atoms with Crippen LogP contribution in [0.15, 0.2) is 28.8 Å². The fraction of sp³-hybridized carbons (Fsp3) is 0.550. The second-order valence-corrected chi connectivity index (χ2v) is 6.99.